The first-order chi connectivity index (χ1) is 13.3. The molecule has 0 saturated heterocycles. The monoisotopic (exact) mass is 363 g/mol. The molecule has 0 aliphatic carbocycles. The van der Waals surface area contributed by atoms with Crippen molar-refractivity contribution in [3.8, 4) is 17.2 Å². The van der Waals surface area contributed by atoms with Gasteiger partial charge in [-0.05, 0) is 61.2 Å². The highest BCUT2D eigenvalue weighted by Gasteiger charge is 2.21. The topological polar surface area (TPSA) is 48.3 Å². The van der Waals surface area contributed by atoms with E-state index >= 15 is 0 Å². The van der Waals surface area contributed by atoms with E-state index in [9.17, 15) is 0 Å². The number of rotatable bonds is 5. The molecule has 2 heterocycles. The van der Waals surface area contributed by atoms with Crippen LogP contribution < -0.4 is 14.8 Å². The lowest BCUT2D eigenvalue weighted by Crippen LogP contribution is -2.07. The zero-order chi connectivity index (χ0) is 18.6. The summed E-state index contributed by atoms with van der Waals surface area (Å²) >= 11 is 0. The van der Waals surface area contributed by atoms with Gasteiger partial charge in [0.05, 0.1) is 25.6 Å². The minimum atomic E-state index is 0.796. The van der Waals surface area contributed by atoms with E-state index < -0.39 is 0 Å². The molecule has 0 saturated carbocycles. The zero-order valence-electron chi connectivity index (χ0n) is 15.9. The van der Waals surface area contributed by atoms with Gasteiger partial charge in [-0.2, -0.15) is 5.10 Å². The van der Waals surface area contributed by atoms with Gasteiger partial charge in [0.1, 0.15) is 17.3 Å². The molecule has 4 rings (SSSR count). The molecule has 2 aromatic carbocycles. The third-order valence-corrected chi connectivity index (χ3v) is 5.04. The lowest BCUT2D eigenvalue weighted by Gasteiger charge is -2.09. The van der Waals surface area contributed by atoms with E-state index in [0.29, 0.717) is 0 Å². The fraction of sp³-hybridized carbons (Fsp3) is 0.318. The number of methoxy groups -OCH3 is 2. The van der Waals surface area contributed by atoms with Crippen LogP contribution >= 0.6 is 0 Å². The first-order valence-corrected chi connectivity index (χ1v) is 9.40. The lowest BCUT2D eigenvalue weighted by molar-refractivity contribution is 0.414. The standard InChI is InChI=1S/C22H25N3O2/c1-26-18-11-9-17(10-12-18)25-22-20(8-3-4-13-23-22)21(24-25)15-16-6-5-7-19(14-16)27-2/h5-7,9-12,14,23H,3-4,8,13,15H2,1-2H3. The van der Waals surface area contributed by atoms with E-state index in [2.05, 4.69) is 17.4 Å². The predicted molar refractivity (Wildman–Crippen MR) is 107 cm³/mol. The molecule has 27 heavy (non-hydrogen) atoms. The van der Waals surface area contributed by atoms with Gasteiger partial charge in [-0.1, -0.05) is 12.1 Å². The molecule has 5 nitrogen and oxygen atoms in total. The summed E-state index contributed by atoms with van der Waals surface area (Å²) in [4.78, 5) is 0. The molecule has 0 spiro atoms. The fourth-order valence-corrected chi connectivity index (χ4v) is 3.60. The van der Waals surface area contributed by atoms with Crippen molar-refractivity contribution >= 4 is 5.82 Å². The SMILES string of the molecule is COc1ccc(-n2nc(Cc3cccc(OC)c3)c3c2NCCCC3)cc1. The number of benzene rings is 2. The molecule has 0 bridgehead atoms. The van der Waals surface area contributed by atoms with Gasteiger partial charge >= 0.3 is 0 Å². The summed E-state index contributed by atoms with van der Waals surface area (Å²) in [7, 11) is 3.39. The van der Waals surface area contributed by atoms with Gasteiger partial charge in [-0.15, -0.1) is 0 Å². The molecule has 140 valence electrons. The molecule has 0 amide bonds. The Balaban J connectivity index is 1.73. The van der Waals surface area contributed by atoms with Crippen LogP contribution in [0.1, 0.15) is 29.7 Å². The van der Waals surface area contributed by atoms with Crippen molar-refractivity contribution in [2.75, 3.05) is 26.1 Å². The Bertz CT molecular complexity index is 916. The van der Waals surface area contributed by atoms with Crippen LogP contribution in [0.5, 0.6) is 11.5 Å². The maximum absolute atomic E-state index is 5.37. The third kappa shape index (κ3) is 3.63. The lowest BCUT2D eigenvalue weighted by atomic mass is 10.0. The van der Waals surface area contributed by atoms with E-state index in [1.807, 2.05) is 41.1 Å². The minimum Gasteiger partial charge on any atom is -0.497 e. The number of fused-ring (bicyclic) bond motifs is 1. The quantitative estimate of drug-likeness (QED) is 0.737. The van der Waals surface area contributed by atoms with Gasteiger partial charge in [0, 0.05) is 18.5 Å². The molecular formula is C22H25N3O2. The summed E-state index contributed by atoms with van der Waals surface area (Å²) in [6, 6.07) is 16.3. The first kappa shape index (κ1) is 17.5. The molecule has 5 heteroatoms. The molecule has 0 unspecified atom stereocenters. The molecular weight excluding hydrogens is 338 g/mol. The molecule has 0 radical (unpaired) electrons. The van der Waals surface area contributed by atoms with E-state index in [0.717, 1.165) is 48.1 Å². The summed E-state index contributed by atoms with van der Waals surface area (Å²) in [6.45, 7) is 0.980. The van der Waals surface area contributed by atoms with Gasteiger partial charge in [0.25, 0.3) is 0 Å². The van der Waals surface area contributed by atoms with Crippen LogP contribution in [0, 0.1) is 0 Å². The van der Waals surface area contributed by atoms with Crippen LogP contribution in [-0.4, -0.2) is 30.5 Å². The van der Waals surface area contributed by atoms with Crippen LogP contribution in [-0.2, 0) is 12.8 Å². The molecule has 0 atom stereocenters. The minimum absolute atomic E-state index is 0.796. The largest absolute Gasteiger partial charge is 0.497 e. The van der Waals surface area contributed by atoms with Crippen LogP contribution in [0.4, 0.5) is 5.82 Å². The maximum atomic E-state index is 5.37. The Hall–Kier alpha value is -2.95. The van der Waals surface area contributed by atoms with Crippen LogP contribution in [0.2, 0.25) is 0 Å². The zero-order valence-corrected chi connectivity index (χ0v) is 15.9. The maximum Gasteiger partial charge on any atom is 0.133 e. The second-order valence-corrected chi connectivity index (χ2v) is 6.80. The molecule has 1 aliphatic heterocycles. The van der Waals surface area contributed by atoms with Crippen molar-refractivity contribution in [3.63, 3.8) is 0 Å². The molecule has 1 N–H and O–H groups in total. The highest BCUT2D eigenvalue weighted by molar-refractivity contribution is 5.55. The van der Waals surface area contributed by atoms with Crippen molar-refractivity contribution < 1.29 is 9.47 Å². The average molecular weight is 363 g/mol. The van der Waals surface area contributed by atoms with Crippen molar-refractivity contribution in [1.82, 2.24) is 9.78 Å². The van der Waals surface area contributed by atoms with E-state index in [1.165, 1.54) is 24.0 Å². The first-order valence-electron chi connectivity index (χ1n) is 9.40. The summed E-state index contributed by atoms with van der Waals surface area (Å²) in [5, 5.41) is 8.58. The van der Waals surface area contributed by atoms with Crippen molar-refractivity contribution in [2.24, 2.45) is 0 Å². The summed E-state index contributed by atoms with van der Waals surface area (Å²) in [6.07, 6.45) is 4.21. The van der Waals surface area contributed by atoms with Gasteiger partial charge in [-0.25, -0.2) is 4.68 Å². The van der Waals surface area contributed by atoms with Crippen LogP contribution in [0.15, 0.2) is 48.5 Å². The second-order valence-electron chi connectivity index (χ2n) is 6.80. The summed E-state index contributed by atoms with van der Waals surface area (Å²) in [5.41, 5.74) is 4.70. The van der Waals surface area contributed by atoms with E-state index in [4.69, 9.17) is 14.6 Å². The number of anilines is 1. The van der Waals surface area contributed by atoms with Gasteiger partial charge in [0.15, 0.2) is 0 Å². The summed E-state index contributed by atoms with van der Waals surface area (Å²) in [5.74, 6) is 2.85. The third-order valence-electron chi connectivity index (χ3n) is 5.04. The fourth-order valence-electron chi connectivity index (χ4n) is 3.60. The second kappa shape index (κ2) is 7.74. The Morgan fingerprint density at radius 3 is 2.59 bits per heavy atom. The predicted octanol–water partition coefficient (Wildman–Crippen LogP) is 4.23. The Labute approximate surface area is 159 Å². The van der Waals surface area contributed by atoms with Crippen molar-refractivity contribution in [1.29, 1.82) is 0 Å². The van der Waals surface area contributed by atoms with Crippen molar-refractivity contribution in [2.45, 2.75) is 25.7 Å². The molecule has 1 aliphatic rings. The van der Waals surface area contributed by atoms with Crippen molar-refractivity contribution in [3.05, 3.63) is 65.4 Å². The summed E-state index contributed by atoms with van der Waals surface area (Å²) < 4.78 is 12.7. The molecule has 0 fully saturated rings. The number of hydrogen-bond acceptors (Lipinski definition) is 4. The number of aromatic nitrogens is 2. The Kier molecular flexibility index (Phi) is 5.01. The van der Waals surface area contributed by atoms with Gasteiger partial charge in [0.2, 0.25) is 0 Å². The number of nitrogens with one attached hydrogen (secondary N) is 1. The molecule has 1 aromatic heterocycles. The van der Waals surface area contributed by atoms with E-state index in [1.54, 1.807) is 14.2 Å². The van der Waals surface area contributed by atoms with E-state index in [-0.39, 0.29) is 0 Å². The number of nitrogens with zero attached hydrogens (tertiary/aromatic N) is 2. The highest BCUT2D eigenvalue weighted by atomic mass is 16.5. The van der Waals surface area contributed by atoms with Gasteiger partial charge < -0.3 is 14.8 Å². The Morgan fingerprint density at radius 2 is 1.81 bits per heavy atom. The van der Waals surface area contributed by atoms with Gasteiger partial charge in [-0.3, -0.25) is 0 Å². The number of ether oxygens (including phenoxy) is 2. The average Bonchev–Trinajstić information content (AvgIpc) is 2.89. The highest BCUT2D eigenvalue weighted by Crippen LogP contribution is 2.30. The Morgan fingerprint density at radius 1 is 1.00 bits per heavy atom. The van der Waals surface area contributed by atoms with Crippen LogP contribution in [0.3, 0.4) is 0 Å². The molecule has 3 aromatic rings. The smallest absolute Gasteiger partial charge is 0.133 e. The normalized spacial score (nSPS) is 13.4. The van der Waals surface area contributed by atoms with Crippen LogP contribution in [0.25, 0.3) is 5.69 Å². The number of hydrogen-bond donors (Lipinski definition) is 1.